The SMILES string of the molecule is C[C@]1([I-]Oc2ccc(-c3cc(COc4ccccc4F)on3)cc2)Cn2cc([N+](=O)[O-])nc2O1. The standard InChI is InChI=1S/C22H17FIN4O6/c1-22(13-27-11-20(28(29)30)25-21(27)32-22)24-33-15-8-6-14(7-9-15)18-10-16(34-26-18)12-31-19-5-3-2-4-17(19)23/h2-11H,12-13H2,1H3/q-1/t22-/m1/s1. The van der Waals surface area contributed by atoms with Gasteiger partial charge in [-0.15, -0.1) is 0 Å². The first kappa shape index (κ1) is 22.1. The maximum absolute atomic E-state index is 13.7. The van der Waals surface area contributed by atoms with Gasteiger partial charge in [0.2, 0.25) is 0 Å². The fraction of sp³-hybridized carbons (Fsp3) is 0.182. The Kier molecular flexibility index (Phi) is 5.81. The van der Waals surface area contributed by atoms with Gasteiger partial charge in [-0.1, -0.05) is 12.1 Å². The molecule has 12 heteroatoms. The Morgan fingerprint density at radius 3 is 2.79 bits per heavy atom. The quantitative estimate of drug-likeness (QED) is 0.133. The Labute approximate surface area is 203 Å². The van der Waals surface area contributed by atoms with Crippen LogP contribution in [0.2, 0.25) is 0 Å². The van der Waals surface area contributed by atoms with Crippen LogP contribution in [0.15, 0.2) is 65.3 Å². The fourth-order valence-electron chi connectivity index (χ4n) is 3.27. The summed E-state index contributed by atoms with van der Waals surface area (Å²) in [6.45, 7) is 2.39. The molecule has 0 saturated heterocycles. The molecule has 10 nitrogen and oxygen atoms in total. The van der Waals surface area contributed by atoms with E-state index in [2.05, 4.69) is 10.1 Å². The summed E-state index contributed by atoms with van der Waals surface area (Å²) in [5.41, 5.74) is 1.44. The van der Waals surface area contributed by atoms with Gasteiger partial charge in [-0.25, -0.2) is 4.39 Å². The third-order valence-electron chi connectivity index (χ3n) is 4.88. The Balaban J connectivity index is 1.16. The Morgan fingerprint density at radius 1 is 1.26 bits per heavy atom. The molecule has 0 fully saturated rings. The van der Waals surface area contributed by atoms with E-state index in [1.54, 1.807) is 28.8 Å². The van der Waals surface area contributed by atoms with E-state index >= 15 is 0 Å². The number of halogens is 2. The van der Waals surface area contributed by atoms with E-state index in [4.69, 9.17) is 17.1 Å². The van der Waals surface area contributed by atoms with Crippen LogP contribution in [-0.4, -0.2) is 23.2 Å². The molecule has 0 unspecified atom stereocenters. The maximum atomic E-state index is 13.7. The fourth-order valence-corrected chi connectivity index (χ4v) is 5.07. The predicted octanol–water partition coefficient (Wildman–Crippen LogP) is 1.36. The van der Waals surface area contributed by atoms with Gasteiger partial charge in [0, 0.05) is 0 Å². The van der Waals surface area contributed by atoms with Crippen molar-refractivity contribution in [3.8, 4) is 28.8 Å². The second-order valence-electron chi connectivity index (χ2n) is 7.55. The van der Waals surface area contributed by atoms with E-state index in [1.165, 1.54) is 12.3 Å². The van der Waals surface area contributed by atoms with E-state index in [1.807, 2.05) is 31.2 Å². The zero-order chi connectivity index (χ0) is 23.7. The first-order chi connectivity index (χ1) is 16.4. The molecule has 2 aromatic carbocycles. The van der Waals surface area contributed by atoms with Gasteiger partial charge in [0.05, 0.1) is 0 Å². The van der Waals surface area contributed by atoms with Crippen LogP contribution in [0, 0.1) is 15.9 Å². The zero-order valence-electron chi connectivity index (χ0n) is 17.7. The predicted molar refractivity (Wildman–Crippen MR) is 111 cm³/mol. The number of ether oxygens (including phenoxy) is 2. The Morgan fingerprint density at radius 2 is 2.06 bits per heavy atom. The summed E-state index contributed by atoms with van der Waals surface area (Å²) in [5, 5.41) is 14.9. The number of alkyl halides is 1. The first-order valence-electron chi connectivity index (χ1n) is 10.1. The van der Waals surface area contributed by atoms with Gasteiger partial charge in [-0.3, -0.25) is 0 Å². The molecule has 2 aromatic heterocycles. The average molecular weight is 579 g/mol. The molecule has 1 aliphatic heterocycles. The molecule has 3 heterocycles. The number of hydrogen-bond acceptors (Lipinski definition) is 8. The normalized spacial score (nSPS) is 16.8. The number of aromatic nitrogens is 3. The number of rotatable bonds is 8. The molecule has 176 valence electrons. The average Bonchev–Trinajstić information content (AvgIpc) is 3.52. The Hall–Kier alpha value is -3.68. The molecule has 4 aromatic rings. The van der Waals surface area contributed by atoms with Crippen LogP contribution in [0.25, 0.3) is 11.3 Å². The number of nitrogens with zero attached hydrogens (tertiary/aromatic N) is 4. The van der Waals surface area contributed by atoms with Gasteiger partial charge in [0.25, 0.3) is 0 Å². The van der Waals surface area contributed by atoms with Gasteiger partial charge >= 0.3 is 181 Å². The van der Waals surface area contributed by atoms with Gasteiger partial charge in [0.1, 0.15) is 0 Å². The van der Waals surface area contributed by atoms with Gasteiger partial charge in [-0.2, -0.15) is 0 Å². The number of benzene rings is 2. The topological polar surface area (TPSA) is 115 Å². The number of para-hydroxylation sites is 1. The molecule has 0 N–H and O–H groups in total. The molecule has 1 aliphatic rings. The second kappa shape index (κ2) is 8.93. The van der Waals surface area contributed by atoms with Gasteiger partial charge < -0.3 is 0 Å². The van der Waals surface area contributed by atoms with Crippen molar-refractivity contribution in [3.63, 3.8) is 0 Å². The van der Waals surface area contributed by atoms with E-state index in [9.17, 15) is 14.5 Å². The van der Waals surface area contributed by atoms with Crippen molar-refractivity contribution >= 4 is 5.82 Å². The monoisotopic (exact) mass is 579 g/mol. The summed E-state index contributed by atoms with van der Waals surface area (Å²) < 4.78 is 37.2. The van der Waals surface area contributed by atoms with E-state index in [0.29, 0.717) is 23.7 Å². The second-order valence-corrected chi connectivity index (χ2v) is 10.7. The van der Waals surface area contributed by atoms with Crippen LogP contribution in [0.5, 0.6) is 17.5 Å². The van der Waals surface area contributed by atoms with Crippen molar-refractivity contribution in [1.29, 1.82) is 0 Å². The van der Waals surface area contributed by atoms with Crippen molar-refractivity contribution in [2.24, 2.45) is 0 Å². The van der Waals surface area contributed by atoms with Gasteiger partial charge in [0.15, 0.2) is 0 Å². The van der Waals surface area contributed by atoms with Crippen LogP contribution < -0.4 is 34.2 Å². The summed E-state index contributed by atoms with van der Waals surface area (Å²) in [5.74, 6) is 0.606. The van der Waals surface area contributed by atoms with Crippen molar-refractivity contribution in [2.75, 3.05) is 0 Å². The van der Waals surface area contributed by atoms with Crippen molar-refractivity contribution in [2.45, 2.75) is 23.7 Å². The number of hydrogen-bond donors (Lipinski definition) is 0. The van der Waals surface area contributed by atoms with Crippen molar-refractivity contribution in [3.05, 3.63) is 82.5 Å². The molecular weight excluding hydrogens is 562 g/mol. The third kappa shape index (κ3) is 4.66. The Bertz CT molecular complexity index is 1320. The molecule has 1 atom stereocenters. The van der Waals surface area contributed by atoms with Crippen LogP contribution in [0.4, 0.5) is 10.2 Å². The molecule has 0 aliphatic carbocycles. The minimum atomic E-state index is -0.915. The minimum absolute atomic E-state index is 0.0544. The van der Waals surface area contributed by atoms with E-state index in [0.717, 1.165) is 5.56 Å². The number of imidazole rings is 1. The summed E-state index contributed by atoms with van der Waals surface area (Å²) in [6.07, 6.45) is 1.37. The molecule has 0 amide bonds. The first-order valence-corrected chi connectivity index (χ1v) is 12.0. The van der Waals surface area contributed by atoms with Crippen LogP contribution in [0.1, 0.15) is 12.7 Å². The van der Waals surface area contributed by atoms with Crippen molar-refractivity contribution in [1.82, 2.24) is 14.7 Å². The summed E-state index contributed by atoms with van der Waals surface area (Å²) >= 11 is -0.915. The summed E-state index contributed by atoms with van der Waals surface area (Å²) in [6, 6.07) is 15.5. The van der Waals surface area contributed by atoms with Crippen LogP contribution in [0.3, 0.4) is 0 Å². The molecule has 0 bridgehead atoms. The number of fused-ring (bicyclic) bond motifs is 1. The van der Waals surface area contributed by atoms with E-state index in [-0.39, 0.29) is 24.2 Å². The molecule has 5 rings (SSSR count). The summed E-state index contributed by atoms with van der Waals surface area (Å²) in [7, 11) is 0. The molecule has 0 saturated carbocycles. The number of nitro groups is 1. The van der Waals surface area contributed by atoms with Gasteiger partial charge in [-0.05, 0) is 6.07 Å². The van der Waals surface area contributed by atoms with Crippen molar-refractivity contribution < 1.29 is 48.0 Å². The molecular formula is C22H17FIN4O6-. The summed E-state index contributed by atoms with van der Waals surface area (Å²) in [4.78, 5) is 14.2. The zero-order valence-corrected chi connectivity index (χ0v) is 19.8. The van der Waals surface area contributed by atoms with Crippen LogP contribution >= 0.6 is 0 Å². The van der Waals surface area contributed by atoms with E-state index < -0.39 is 36.0 Å². The molecule has 34 heavy (non-hydrogen) atoms. The molecule has 0 radical (unpaired) electrons. The third-order valence-corrected chi connectivity index (χ3v) is 7.10. The molecule has 0 spiro atoms. The van der Waals surface area contributed by atoms with Crippen LogP contribution in [-0.2, 0) is 13.2 Å².